The van der Waals surface area contributed by atoms with E-state index in [-0.39, 0.29) is 12.4 Å². The molecule has 7 nitrogen and oxygen atoms in total. The largest absolute Gasteiger partial charge is 0.490 e. The second-order valence-corrected chi connectivity index (χ2v) is 7.90. The number of ether oxygens (including phenoxy) is 1. The maximum atomic E-state index is 12.9. The lowest BCUT2D eigenvalue weighted by Crippen LogP contribution is -2.32. The molecule has 1 atom stereocenters. The van der Waals surface area contributed by atoms with E-state index >= 15 is 0 Å². The number of amides is 2. The highest BCUT2D eigenvalue weighted by molar-refractivity contribution is 5.99. The molecule has 3 aromatic carbocycles. The summed E-state index contributed by atoms with van der Waals surface area (Å²) in [4.78, 5) is 15.2. The van der Waals surface area contributed by atoms with Crippen molar-refractivity contribution in [1.82, 2.24) is 10.3 Å². The van der Waals surface area contributed by atoms with Crippen LogP contribution in [0.25, 0.3) is 10.9 Å². The third kappa shape index (κ3) is 6.57. The predicted molar refractivity (Wildman–Crippen MR) is 132 cm³/mol. The number of carbonyl (C=O) groups is 1. The zero-order valence-electron chi connectivity index (χ0n) is 18.6. The Bertz CT molecular complexity index is 1210. The number of hydrogen-bond acceptors (Lipinski definition) is 4. The first-order valence-electron chi connectivity index (χ1n) is 11.1. The van der Waals surface area contributed by atoms with Gasteiger partial charge in [-0.1, -0.05) is 18.2 Å². The van der Waals surface area contributed by atoms with Crippen molar-refractivity contribution < 1.29 is 19.0 Å². The lowest BCUT2D eigenvalue weighted by Gasteiger charge is -2.14. The van der Waals surface area contributed by atoms with Gasteiger partial charge in [-0.25, -0.2) is 9.18 Å². The zero-order valence-corrected chi connectivity index (χ0v) is 18.6. The number of halogens is 1. The van der Waals surface area contributed by atoms with Crippen molar-refractivity contribution in [3.05, 3.63) is 90.4 Å². The Hall–Kier alpha value is -3.88. The van der Waals surface area contributed by atoms with Gasteiger partial charge in [-0.15, -0.1) is 0 Å². The zero-order chi connectivity index (χ0) is 23.8. The number of aliphatic hydroxyl groups excluding tert-OH is 1. The molecule has 1 aromatic heterocycles. The molecular formula is C26H27FN4O3. The first-order valence-corrected chi connectivity index (χ1v) is 11.1. The summed E-state index contributed by atoms with van der Waals surface area (Å²) < 4.78 is 18.7. The summed E-state index contributed by atoms with van der Waals surface area (Å²) in [6.07, 6.45) is 2.01. The van der Waals surface area contributed by atoms with Gasteiger partial charge in [0.1, 0.15) is 24.3 Å². The van der Waals surface area contributed by atoms with Gasteiger partial charge in [-0.2, -0.15) is 0 Å². The van der Waals surface area contributed by atoms with Crippen LogP contribution < -0.4 is 20.7 Å². The van der Waals surface area contributed by atoms with Gasteiger partial charge in [0.25, 0.3) is 0 Å². The minimum Gasteiger partial charge on any atom is -0.490 e. The molecule has 0 aliphatic rings. The monoisotopic (exact) mass is 462 g/mol. The number of fused-ring (bicyclic) bond motifs is 1. The molecular weight excluding hydrogens is 435 g/mol. The number of aromatic nitrogens is 1. The smallest absolute Gasteiger partial charge is 0.323 e. The number of aromatic amines is 1. The van der Waals surface area contributed by atoms with Crippen molar-refractivity contribution in [2.75, 3.05) is 30.3 Å². The van der Waals surface area contributed by atoms with Crippen LogP contribution in [0.3, 0.4) is 0 Å². The number of urea groups is 1. The maximum Gasteiger partial charge on any atom is 0.323 e. The predicted octanol–water partition coefficient (Wildman–Crippen LogP) is 4.52. The van der Waals surface area contributed by atoms with E-state index in [9.17, 15) is 14.3 Å². The van der Waals surface area contributed by atoms with Crippen molar-refractivity contribution in [3.63, 3.8) is 0 Å². The van der Waals surface area contributed by atoms with Crippen molar-refractivity contribution in [3.8, 4) is 5.75 Å². The second-order valence-electron chi connectivity index (χ2n) is 7.90. The van der Waals surface area contributed by atoms with E-state index < -0.39 is 12.1 Å². The molecule has 0 saturated carbocycles. The number of aliphatic hydroxyl groups is 1. The Labute approximate surface area is 197 Å². The Morgan fingerprint density at radius 1 is 0.971 bits per heavy atom. The molecule has 0 radical (unpaired) electrons. The Balaban J connectivity index is 1.14. The van der Waals surface area contributed by atoms with Crippen LogP contribution in [-0.2, 0) is 6.42 Å². The molecule has 176 valence electrons. The standard InChI is InChI=1S/C26H27FN4O3/c27-19-6-10-21(11-7-19)31-26(33)30-20-8-4-18(5-9-20)12-14-28-16-22(32)17-34-25-3-1-2-24-23(25)13-15-29-24/h1-11,13,15,22,28-29,32H,12,14,16-17H2,(H2,30,31,33)/t22-/m0/s1. The summed E-state index contributed by atoms with van der Waals surface area (Å²) in [6, 6.07) is 20.4. The van der Waals surface area contributed by atoms with Crippen molar-refractivity contribution in [2.24, 2.45) is 0 Å². The molecule has 4 aromatic rings. The Morgan fingerprint density at radius 2 is 1.68 bits per heavy atom. The fraction of sp³-hybridized carbons (Fsp3) is 0.192. The lowest BCUT2D eigenvalue weighted by molar-refractivity contribution is 0.107. The molecule has 34 heavy (non-hydrogen) atoms. The highest BCUT2D eigenvalue weighted by Gasteiger charge is 2.08. The Kier molecular flexibility index (Phi) is 7.75. The SMILES string of the molecule is O=C(Nc1ccc(F)cc1)Nc1ccc(CCNC[C@H](O)COc2cccc3[nH]ccc23)cc1. The molecule has 1 heterocycles. The van der Waals surface area contributed by atoms with Crippen molar-refractivity contribution >= 4 is 28.3 Å². The summed E-state index contributed by atoms with van der Waals surface area (Å²) in [5.74, 6) is 0.391. The highest BCUT2D eigenvalue weighted by Crippen LogP contribution is 2.24. The number of hydrogen-bond donors (Lipinski definition) is 5. The molecule has 0 saturated heterocycles. The van der Waals surface area contributed by atoms with Gasteiger partial charge < -0.3 is 30.8 Å². The van der Waals surface area contributed by atoms with Crippen LogP contribution in [0.5, 0.6) is 5.75 Å². The molecule has 0 bridgehead atoms. The quantitative estimate of drug-likeness (QED) is 0.224. The lowest BCUT2D eigenvalue weighted by atomic mass is 10.1. The van der Waals surface area contributed by atoms with Crippen LogP contribution in [0.4, 0.5) is 20.6 Å². The van der Waals surface area contributed by atoms with E-state index in [1.165, 1.54) is 24.3 Å². The normalized spacial score (nSPS) is 11.8. The number of nitrogens with one attached hydrogen (secondary N) is 4. The maximum absolute atomic E-state index is 12.9. The topological polar surface area (TPSA) is 98.4 Å². The van der Waals surface area contributed by atoms with E-state index in [0.29, 0.717) is 24.5 Å². The summed E-state index contributed by atoms with van der Waals surface area (Å²) in [6.45, 7) is 1.33. The van der Waals surface area contributed by atoms with Gasteiger partial charge >= 0.3 is 6.03 Å². The third-order valence-corrected chi connectivity index (χ3v) is 5.27. The number of anilines is 2. The summed E-state index contributed by atoms with van der Waals surface area (Å²) in [7, 11) is 0. The highest BCUT2D eigenvalue weighted by atomic mass is 19.1. The molecule has 0 spiro atoms. The number of H-pyrrole nitrogens is 1. The first-order chi connectivity index (χ1) is 16.6. The van der Waals surface area contributed by atoms with Crippen LogP contribution in [0.2, 0.25) is 0 Å². The van der Waals surface area contributed by atoms with Crippen LogP contribution in [0.1, 0.15) is 5.56 Å². The van der Waals surface area contributed by atoms with Crippen molar-refractivity contribution in [1.29, 1.82) is 0 Å². The van der Waals surface area contributed by atoms with Crippen LogP contribution >= 0.6 is 0 Å². The van der Waals surface area contributed by atoms with Gasteiger partial charge in [0.05, 0.1) is 0 Å². The number of carbonyl (C=O) groups excluding carboxylic acids is 1. The molecule has 0 aliphatic heterocycles. The van der Waals surface area contributed by atoms with Gasteiger partial charge in [0.2, 0.25) is 0 Å². The fourth-order valence-electron chi connectivity index (χ4n) is 3.51. The summed E-state index contributed by atoms with van der Waals surface area (Å²) in [5, 5.41) is 19.8. The molecule has 2 amide bonds. The third-order valence-electron chi connectivity index (χ3n) is 5.27. The van der Waals surface area contributed by atoms with E-state index in [0.717, 1.165) is 28.6 Å². The van der Waals surface area contributed by atoms with Crippen LogP contribution in [0.15, 0.2) is 79.0 Å². The molecule has 8 heteroatoms. The van der Waals surface area contributed by atoms with E-state index in [2.05, 4.69) is 20.9 Å². The average molecular weight is 463 g/mol. The minimum absolute atomic E-state index is 0.206. The van der Waals surface area contributed by atoms with E-state index in [1.807, 2.05) is 54.7 Å². The molecule has 0 aliphatic carbocycles. The number of benzene rings is 3. The van der Waals surface area contributed by atoms with Crippen LogP contribution in [0, 0.1) is 5.82 Å². The average Bonchev–Trinajstić information content (AvgIpc) is 3.32. The first kappa shape index (κ1) is 23.3. The molecule has 0 fully saturated rings. The Morgan fingerprint density at radius 3 is 2.41 bits per heavy atom. The van der Waals surface area contributed by atoms with Gasteiger partial charge in [-0.3, -0.25) is 0 Å². The van der Waals surface area contributed by atoms with Crippen LogP contribution in [-0.4, -0.2) is 41.9 Å². The second kappa shape index (κ2) is 11.3. The summed E-state index contributed by atoms with van der Waals surface area (Å²) >= 11 is 0. The van der Waals surface area contributed by atoms with Gasteiger partial charge in [-0.05, 0) is 73.1 Å². The van der Waals surface area contributed by atoms with Gasteiger partial charge in [0.15, 0.2) is 0 Å². The summed E-state index contributed by atoms with van der Waals surface area (Å²) in [5.41, 5.74) is 3.26. The number of rotatable bonds is 10. The molecule has 0 unspecified atom stereocenters. The molecule has 4 rings (SSSR count). The minimum atomic E-state index is -0.625. The van der Waals surface area contributed by atoms with Crippen molar-refractivity contribution in [2.45, 2.75) is 12.5 Å². The van der Waals surface area contributed by atoms with E-state index in [4.69, 9.17) is 4.74 Å². The molecule has 5 N–H and O–H groups in total. The fourth-order valence-corrected chi connectivity index (χ4v) is 3.51. The van der Waals surface area contributed by atoms with Gasteiger partial charge in [0, 0.05) is 35.0 Å². The van der Waals surface area contributed by atoms with E-state index in [1.54, 1.807) is 0 Å².